The number of nitrogens with two attached hydrogens (primary N) is 1. The van der Waals surface area contributed by atoms with Gasteiger partial charge in [-0.05, 0) is 18.2 Å². The largest absolute Gasteiger partial charge is 0.366 e. The number of halogens is 1. The van der Waals surface area contributed by atoms with Crippen molar-refractivity contribution in [3.05, 3.63) is 46.7 Å². The van der Waals surface area contributed by atoms with E-state index in [0.29, 0.717) is 16.7 Å². The third-order valence-corrected chi connectivity index (χ3v) is 2.77. The maximum atomic E-state index is 11.3. The van der Waals surface area contributed by atoms with E-state index in [2.05, 4.69) is 10.2 Å². The van der Waals surface area contributed by atoms with Crippen molar-refractivity contribution in [1.82, 2.24) is 10.2 Å². The van der Waals surface area contributed by atoms with Gasteiger partial charge in [-0.15, -0.1) is 0 Å². The van der Waals surface area contributed by atoms with Crippen LogP contribution in [0.25, 0.3) is 11.1 Å². The van der Waals surface area contributed by atoms with Crippen molar-refractivity contribution >= 4 is 17.5 Å². The first kappa shape index (κ1) is 12.0. The maximum Gasteiger partial charge on any atom is 0.250 e. The number of amides is 1. The molecule has 1 amide bonds. The number of hydrogen-bond acceptors (Lipinski definition) is 4. The zero-order valence-electron chi connectivity index (χ0n) is 9.09. The van der Waals surface area contributed by atoms with Gasteiger partial charge in [0.25, 0.3) is 0 Å². The molecule has 1 aromatic carbocycles. The number of carbonyl (C=O) groups is 1. The number of rotatable bonds is 2. The van der Waals surface area contributed by atoms with E-state index in [1.807, 2.05) is 6.07 Å². The zero-order valence-corrected chi connectivity index (χ0v) is 9.85. The highest BCUT2D eigenvalue weighted by Crippen LogP contribution is 2.31. The van der Waals surface area contributed by atoms with E-state index in [9.17, 15) is 4.79 Å². The van der Waals surface area contributed by atoms with Crippen molar-refractivity contribution < 1.29 is 4.79 Å². The summed E-state index contributed by atoms with van der Waals surface area (Å²) in [6.45, 7) is 0. The van der Waals surface area contributed by atoms with Gasteiger partial charge in [-0.25, -0.2) is 0 Å². The van der Waals surface area contributed by atoms with Crippen LogP contribution in [0.4, 0.5) is 0 Å². The predicted octanol–water partition coefficient (Wildman–Crippen LogP) is 1.77. The quantitative estimate of drug-likeness (QED) is 0.888. The lowest BCUT2D eigenvalue weighted by Crippen LogP contribution is -2.12. The smallest absolute Gasteiger partial charge is 0.250 e. The van der Waals surface area contributed by atoms with Crippen LogP contribution in [0.15, 0.2) is 30.6 Å². The molecule has 5 nitrogen and oxygen atoms in total. The Morgan fingerprint density at radius 3 is 2.72 bits per heavy atom. The average Bonchev–Trinajstić information content (AvgIpc) is 2.39. The van der Waals surface area contributed by atoms with Gasteiger partial charge in [-0.3, -0.25) is 4.79 Å². The molecule has 1 heterocycles. The molecule has 88 valence electrons. The van der Waals surface area contributed by atoms with Crippen molar-refractivity contribution in [2.45, 2.75) is 0 Å². The SMILES string of the molecule is N#Cc1cc(C(N)=O)c(Cl)c(-c2ccnnc2)c1. The number of carbonyl (C=O) groups excluding carboxylic acids is 1. The van der Waals surface area contributed by atoms with E-state index < -0.39 is 5.91 Å². The van der Waals surface area contributed by atoms with Crippen molar-refractivity contribution in [3.8, 4) is 17.2 Å². The molecule has 2 rings (SSSR count). The topological polar surface area (TPSA) is 92.7 Å². The van der Waals surface area contributed by atoms with Crippen LogP contribution in [-0.4, -0.2) is 16.1 Å². The molecule has 1 aromatic heterocycles. The molecule has 0 aliphatic carbocycles. The highest BCUT2D eigenvalue weighted by atomic mass is 35.5. The van der Waals surface area contributed by atoms with Crippen LogP contribution >= 0.6 is 11.6 Å². The van der Waals surface area contributed by atoms with Crippen LogP contribution in [0.5, 0.6) is 0 Å². The van der Waals surface area contributed by atoms with Gasteiger partial charge in [0.15, 0.2) is 0 Å². The molecule has 0 saturated heterocycles. The van der Waals surface area contributed by atoms with Gasteiger partial charge in [-0.2, -0.15) is 15.5 Å². The fourth-order valence-electron chi connectivity index (χ4n) is 1.53. The highest BCUT2D eigenvalue weighted by Gasteiger charge is 2.14. The third kappa shape index (κ3) is 2.14. The van der Waals surface area contributed by atoms with Crippen LogP contribution in [0, 0.1) is 11.3 Å². The molecule has 0 unspecified atom stereocenters. The van der Waals surface area contributed by atoms with E-state index in [1.54, 1.807) is 12.1 Å². The Morgan fingerprint density at radius 2 is 2.17 bits per heavy atom. The Bertz CT molecular complexity index is 649. The summed E-state index contributed by atoms with van der Waals surface area (Å²) >= 11 is 6.11. The van der Waals surface area contributed by atoms with E-state index in [1.165, 1.54) is 18.5 Å². The van der Waals surface area contributed by atoms with Crippen LogP contribution in [0.2, 0.25) is 5.02 Å². The van der Waals surface area contributed by atoms with Crippen molar-refractivity contribution in [2.75, 3.05) is 0 Å². The van der Waals surface area contributed by atoms with E-state index in [0.717, 1.165) is 0 Å². The molecule has 0 aliphatic rings. The minimum absolute atomic E-state index is 0.113. The fraction of sp³-hybridized carbons (Fsp3) is 0. The summed E-state index contributed by atoms with van der Waals surface area (Å²) in [6, 6.07) is 6.58. The lowest BCUT2D eigenvalue weighted by molar-refractivity contribution is 0.100. The molecule has 18 heavy (non-hydrogen) atoms. The van der Waals surface area contributed by atoms with Gasteiger partial charge in [-0.1, -0.05) is 11.6 Å². The molecular weight excluding hydrogens is 252 g/mol. The Hall–Kier alpha value is -2.45. The molecule has 0 fully saturated rings. The molecule has 0 spiro atoms. The summed E-state index contributed by atoms with van der Waals surface area (Å²) in [7, 11) is 0. The summed E-state index contributed by atoms with van der Waals surface area (Å²) in [5.74, 6) is -0.680. The molecule has 0 aliphatic heterocycles. The first-order valence-corrected chi connectivity index (χ1v) is 5.32. The number of benzene rings is 1. The van der Waals surface area contributed by atoms with Crippen LogP contribution < -0.4 is 5.73 Å². The maximum absolute atomic E-state index is 11.3. The van der Waals surface area contributed by atoms with Crippen molar-refractivity contribution in [3.63, 3.8) is 0 Å². The summed E-state index contributed by atoms with van der Waals surface area (Å²) in [5, 5.41) is 16.5. The van der Waals surface area contributed by atoms with Gasteiger partial charge < -0.3 is 5.73 Å². The van der Waals surface area contributed by atoms with Gasteiger partial charge >= 0.3 is 0 Å². The second-order valence-electron chi connectivity index (χ2n) is 3.49. The van der Waals surface area contributed by atoms with E-state index >= 15 is 0 Å². The summed E-state index contributed by atoms with van der Waals surface area (Å²) in [5.41, 5.74) is 6.83. The number of hydrogen-bond donors (Lipinski definition) is 1. The number of primary amides is 1. The second kappa shape index (κ2) is 4.82. The molecular formula is C12H7ClN4O. The van der Waals surface area contributed by atoms with Crippen molar-refractivity contribution in [2.24, 2.45) is 5.73 Å². The lowest BCUT2D eigenvalue weighted by atomic mass is 10.0. The Kier molecular flexibility index (Phi) is 3.22. The van der Waals surface area contributed by atoms with E-state index in [4.69, 9.17) is 22.6 Å². The highest BCUT2D eigenvalue weighted by molar-refractivity contribution is 6.36. The third-order valence-electron chi connectivity index (χ3n) is 2.36. The Labute approximate surface area is 108 Å². The van der Waals surface area contributed by atoms with Gasteiger partial charge in [0, 0.05) is 11.1 Å². The lowest BCUT2D eigenvalue weighted by Gasteiger charge is -2.08. The molecule has 0 radical (unpaired) electrons. The summed E-state index contributed by atoms with van der Waals surface area (Å²) in [6.07, 6.45) is 2.99. The summed E-state index contributed by atoms with van der Waals surface area (Å²) < 4.78 is 0. The number of aromatic nitrogens is 2. The monoisotopic (exact) mass is 258 g/mol. The fourth-order valence-corrected chi connectivity index (χ4v) is 1.84. The number of nitriles is 1. The van der Waals surface area contributed by atoms with Gasteiger partial charge in [0.05, 0.1) is 34.6 Å². The van der Waals surface area contributed by atoms with Crippen LogP contribution in [0.1, 0.15) is 15.9 Å². The van der Waals surface area contributed by atoms with Gasteiger partial charge in [0.2, 0.25) is 5.91 Å². The minimum Gasteiger partial charge on any atom is -0.366 e. The molecule has 2 aromatic rings. The molecule has 2 N–H and O–H groups in total. The molecule has 0 bridgehead atoms. The standard InChI is InChI=1S/C12H7ClN4O/c13-11-9(8-1-2-16-17-6-8)3-7(5-14)4-10(11)12(15)18/h1-4,6H,(H2,15,18). The first-order chi connectivity index (χ1) is 8.63. The first-order valence-electron chi connectivity index (χ1n) is 4.94. The summed E-state index contributed by atoms with van der Waals surface area (Å²) in [4.78, 5) is 11.3. The minimum atomic E-state index is -0.680. The molecule has 0 saturated carbocycles. The molecule has 0 atom stereocenters. The normalized spacial score (nSPS) is 9.78. The average molecular weight is 259 g/mol. The zero-order chi connectivity index (χ0) is 13.1. The Balaban J connectivity index is 2.72. The van der Waals surface area contributed by atoms with Crippen LogP contribution in [0.3, 0.4) is 0 Å². The molecule has 6 heteroatoms. The van der Waals surface area contributed by atoms with Gasteiger partial charge in [0.1, 0.15) is 0 Å². The van der Waals surface area contributed by atoms with E-state index in [-0.39, 0.29) is 10.6 Å². The predicted molar refractivity (Wildman–Crippen MR) is 65.7 cm³/mol. The second-order valence-corrected chi connectivity index (χ2v) is 3.87. The van der Waals surface area contributed by atoms with Crippen molar-refractivity contribution in [1.29, 1.82) is 5.26 Å². The Morgan fingerprint density at radius 1 is 1.39 bits per heavy atom. The van der Waals surface area contributed by atoms with Crippen LogP contribution in [-0.2, 0) is 0 Å². The number of nitrogens with zero attached hydrogens (tertiary/aromatic N) is 3.